The molecule has 3 aromatic rings. The molecular formula is C29H32Cl2FN7O3. The first-order chi connectivity index (χ1) is 20.1. The molecule has 2 fully saturated rings. The number of urea groups is 1. The molecule has 5 rings (SSSR count). The van der Waals surface area contributed by atoms with Crippen LogP contribution in [-0.2, 0) is 22.7 Å². The number of hydrogen-bond acceptors (Lipinski definition) is 5. The van der Waals surface area contributed by atoms with E-state index in [1.807, 2.05) is 18.7 Å². The Morgan fingerprint density at radius 2 is 1.90 bits per heavy atom. The predicted octanol–water partition coefficient (Wildman–Crippen LogP) is 5.03. The van der Waals surface area contributed by atoms with Gasteiger partial charge in [-0.3, -0.25) is 14.3 Å². The van der Waals surface area contributed by atoms with Gasteiger partial charge < -0.3 is 20.4 Å². The number of amides is 4. The highest BCUT2D eigenvalue weighted by Gasteiger charge is 2.48. The van der Waals surface area contributed by atoms with Crippen LogP contribution in [0.25, 0.3) is 0 Å². The molecule has 3 heterocycles. The van der Waals surface area contributed by atoms with Crippen molar-refractivity contribution in [3.05, 3.63) is 75.8 Å². The largest absolute Gasteiger partial charge is 0.338 e. The molecule has 13 heteroatoms. The lowest BCUT2D eigenvalue weighted by molar-refractivity contribution is -0.137. The van der Waals surface area contributed by atoms with Crippen molar-refractivity contribution in [2.45, 2.75) is 64.3 Å². The van der Waals surface area contributed by atoms with E-state index >= 15 is 0 Å². The zero-order valence-electron chi connectivity index (χ0n) is 23.3. The maximum atomic E-state index is 14.4. The van der Waals surface area contributed by atoms with E-state index in [9.17, 15) is 18.8 Å². The Morgan fingerprint density at radius 3 is 2.62 bits per heavy atom. The summed E-state index contributed by atoms with van der Waals surface area (Å²) in [6.45, 7) is 4.93. The van der Waals surface area contributed by atoms with Gasteiger partial charge in [-0.1, -0.05) is 34.5 Å². The average Bonchev–Trinajstić information content (AvgIpc) is 3.69. The quantitative estimate of drug-likeness (QED) is 0.369. The van der Waals surface area contributed by atoms with Crippen molar-refractivity contribution >= 4 is 46.7 Å². The molecule has 0 radical (unpaired) electrons. The average molecular weight is 617 g/mol. The van der Waals surface area contributed by atoms with Crippen LogP contribution in [-0.4, -0.2) is 61.3 Å². The Bertz CT molecular complexity index is 1470. The number of carbonyl (C=O) groups excluding carboxylic acids is 3. The summed E-state index contributed by atoms with van der Waals surface area (Å²) in [6, 6.07) is 9.96. The highest BCUT2D eigenvalue weighted by Crippen LogP contribution is 2.42. The maximum absolute atomic E-state index is 14.4. The van der Waals surface area contributed by atoms with Crippen LogP contribution in [0.4, 0.5) is 14.9 Å². The Balaban J connectivity index is 1.24. The second kappa shape index (κ2) is 12.7. The van der Waals surface area contributed by atoms with E-state index in [2.05, 4.69) is 20.9 Å². The molecule has 42 heavy (non-hydrogen) atoms. The fourth-order valence-corrected chi connectivity index (χ4v) is 6.05. The van der Waals surface area contributed by atoms with E-state index in [-0.39, 0.29) is 41.9 Å². The summed E-state index contributed by atoms with van der Waals surface area (Å²) in [7, 11) is 0. The van der Waals surface area contributed by atoms with E-state index in [1.54, 1.807) is 46.1 Å². The summed E-state index contributed by atoms with van der Waals surface area (Å²) in [5.74, 6) is -1.49. The Kier molecular flexibility index (Phi) is 8.98. The minimum absolute atomic E-state index is 0.00811. The molecule has 3 atom stereocenters. The number of aromatic nitrogens is 3. The van der Waals surface area contributed by atoms with Crippen molar-refractivity contribution in [2.75, 3.05) is 11.9 Å². The summed E-state index contributed by atoms with van der Waals surface area (Å²) < 4.78 is 16.1. The molecule has 222 valence electrons. The third-order valence-corrected chi connectivity index (χ3v) is 8.26. The molecule has 0 bridgehead atoms. The number of nitrogens with one attached hydrogen (secondary N) is 2. The SMILES string of the molecule is CC(C)N1C(=O)CC(C(=O)N2CCC[C@@H]2Cn2cc(CNC(=O)Nc3ccc(Cl)cc3)nn2)C1c1ccc(Cl)c(F)c1. The van der Waals surface area contributed by atoms with Gasteiger partial charge in [0.1, 0.15) is 11.5 Å². The van der Waals surface area contributed by atoms with Gasteiger partial charge in [0.15, 0.2) is 0 Å². The smallest absolute Gasteiger partial charge is 0.319 e. The van der Waals surface area contributed by atoms with Gasteiger partial charge in [0.05, 0.1) is 42.3 Å². The predicted molar refractivity (Wildman–Crippen MR) is 156 cm³/mol. The Morgan fingerprint density at radius 1 is 1.14 bits per heavy atom. The zero-order valence-corrected chi connectivity index (χ0v) is 24.8. The van der Waals surface area contributed by atoms with Gasteiger partial charge in [-0.25, -0.2) is 9.18 Å². The van der Waals surface area contributed by atoms with Gasteiger partial charge in [-0.2, -0.15) is 0 Å². The number of rotatable bonds is 8. The summed E-state index contributed by atoms with van der Waals surface area (Å²) >= 11 is 11.8. The van der Waals surface area contributed by atoms with Crippen molar-refractivity contribution < 1.29 is 18.8 Å². The molecule has 0 spiro atoms. The van der Waals surface area contributed by atoms with Crippen molar-refractivity contribution in [2.24, 2.45) is 5.92 Å². The summed E-state index contributed by atoms with van der Waals surface area (Å²) in [4.78, 5) is 42.8. The van der Waals surface area contributed by atoms with Crippen LogP contribution in [0.15, 0.2) is 48.7 Å². The van der Waals surface area contributed by atoms with Gasteiger partial charge in [0.2, 0.25) is 11.8 Å². The molecule has 2 aromatic carbocycles. The minimum Gasteiger partial charge on any atom is -0.338 e. The van der Waals surface area contributed by atoms with Gasteiger partial charge in [-0.15, -0.1) is 5.10 Å². The monoisotopic (exact) mass is 615 g/mol. The van der Waals surface area contributed by atoms with Crippen LogP contribution in [0.2, 0.25) is 10.0 Å². The standard InChI is InChI=1S/C29H32Cl2FN7O3/c1-17(2)39-26(40)13-23(27(39)18-5-10-24(31)25(32)12-18)28(41)38-11-3-4-22(38)16-37-15-21(35-36-37)14-33-29(42)34-20-8-6-19(30)7-9-20/h5-10,12,15,17,22-23,27H,3-4,11,13-14,16H2,1-2H3,(H2,33,34,42)/t22-,23?,27?/m1/s1. The van der Waals surface area contributed by atoms with Crippen LogP contribution in [0.5, 0.6) is 0 Å². The molecule has 0 aliphatic carbocycles. The molecular weight excluding hydrogens is 584 g/mol. The topological polar surface area (TPSA) is 112 Å². The van der Waals surface area contributed by atoms with Crippen LogP contribution in [0.1, 0.15) is 50.4 Å². The maximum Gasteiger partial charge on any atom is 0.319 e. The first-order valence-electron chi connectivity index (χ1n) is 13.9. The second-order valence-electron chi connectivity index (χ2n) is 10.9. The highest BCUT2D eigenvalue weighted by molar-refractivity contribution is 6.31. The molecule has 4 amide bonds. The molecule has 2 aliphatic heterocycles. The van der Waals surface area contributed by atoms with Crippen molar-refractivity contribution in [1.82, 2.24) is 30.1 Å². The molecule has 2 unspecified atom stereocenters. The number of halogens is 3. The van der Waals surface area contributed by atoms with Gasteiger partial charge in [0.25, 0.3) is 0 Å². The van der Waals surface area contributed by atoms with E-state index in [0.29, 0.717) is 35.1 Å². The minimum atomic E-state index is -0.643. The molecule has 2 aliphatic rings. The Labute approximate surface area is 253 Å². The number of hydrogen-bond donors (Lipinski definition) is 2. The van der Waals surface area contributed by atoms with Crippen LogP contribution >= 0.6 is 23.2 Å². The molecule has 2 saturated heterocycles. The van der Waals surface area contributed by atoms with Crippen molar-refractivity contribution in [3.8, 4) is 0 Å². The van der Waals surface area contributed by atoms with E-state index in [1.165, 1.54) is 12.1 Å². The van der Waals surface area contributed by atoms with Gasteiger partial charge in [-0.05, 0) is 68.7 Å². The first kappa shape index (κ1) is 29.8. The molecule has 2 N–H and O–H groups in total. The number of anilines is 1. The van der Waals surface area contributed by atoms with E-state index in [0.717, 1.165) is 12.8 Å². The number of carbonyl (C=O) groups is 3. The summed E-state index contributed by atoms with van der Waals surface area (Å²) in [5.41, 5.74) is 1.73. The molecule has 10 nitrogen and oxygen atoms in total. The lowest BCUT2D eigenvalue weighted by Crippen LogP contribution is -2.44. The third-order valence-electron chi connectivity index (χ3n) is 7.70. The summed E-state index contributed by atoms with van der Waals surface area (Å²) in [6.07, 6.45) is 3.39. The lowest BCUT2D eigenvalue weighted by atomic mass is 9.91. The third kappa shape index (κ3) is 6.52. The molecule has 0 saturated carbocycles. The van der Waals surface area contributed by atoms with Gasteiger partial charge >= 0.3 is 6.03 Å². The zero-order chi connectivity index (χ0) is 30.0. The van der Waals surface area contributed by atoms with E-state index < -0.39 is 23.8 Å². The normalized spacial score (nSPS) is 20.4. The van der Waals surface area contributed by atoms with E-state index in [4.69, 9.17) is 23.2 Å². The number of likely N-dealkylation sites (tertiary alicyclic amines) is 2. The fraction of sp³-hybridized carbons (Fsp3) is 0.414. The van der Waals surface area contributed by atoms with Gasteiger partial charge in [0, 0.05) is 29.7 Å². The first-order valence-corrected chi connectivity index (χ1v) is 14.6. The highest BCUT2D eigenvalue weighted by atomic mass is 35.5. The second-order valence-corrected chi connectivity index (χ2v) is 11.7. The van der Waals surface area contributed by atoms with Crippen molar-refractivity contribution in [3.63, 3.8) is 0 Å². The van der Waals surface area contributed by atoms with Crippen LogP contribution in [0, 0.1) is 11.7 Å². The Hall–Kier alpha value is -3.70. The van der Waals surface area contributed by atoms with Crippen LogP contribution < -0.4 is 10.6 Å². The number of nitrogens with zero attached hydrogens (tertiary/aromatic N) is 5. The van der Waals surface area contributed by atoms with Crippen LogP contribution in [0.3, 0.4) is 0 Å². The lowest BCUT2D eigenvalue weighted by Gasteiger charge is -2.34. The van der Waals surface area contributed by atoms with Crippen molar-refractivity contribution in [1.29, 1.82) is 0 Å². The summed E-state index contributed by atoms with van der Waals surface area (Å²) in [5, 5.41) is 14.4. The molecule has 1 aromatic heterocycles. The number of benzene rings is 2. The fourth-order valence-electron chi connectivity index (χ4n) is 5.81.